The lowest BCUT2D eigenvalue weighted by atomic mass is 10.0. The van der Waals surface area contributed by atoms with Crippen LogP contribution in [0.5, 0.6) is 5.88 Å². The molecule has 0 N–H and O–H groups in total. The second-order valence-electron chi connectivity index (χ2n) is 9.48. The van der Waals surface area contributed by atoms with Crippen LogP contribution in [-0.4, -0.2) is 56.1 Å². The molecule has 0 radical (unpaired) electrons. The number of pyridine rings is 2. The Labute approximate surface area is 210 Å². The Morgan fingerprint density at radius 2 is 1.72 bits per heavy atom. The Bertz CT molecular complexity index is 1460. The van der Waals surface area contributed by atoms with Crippen LogP contribution < -0.4 is 4.74 Å². The van der Waals surface area contributed by atoms with Gasteiger partial charge in [-0.2, -0.15) is 0 Å². The summed E-state index contributed by atoms with van der Waals surface area (Å²) in [5, 5.41) is 9.93. The first-order chi connectivity index (χ1) is 17.8. The summed E-state index contributed by atoms with van der Waals surface area (Å²) >= 11 is 0. The highest BCUT2D eigenvalue weighted by Gasteiger charge is 2.17. The minimum Gasteiger partial charge on any atom is -0.478 e. The molecule has 1 aliphatic rings. The van der Waals surface area contributed by atoms with E-state index in [1.54, 1.807) is 6.20 Å². The van der Waals surface area contributed by atoms with E-state index in [0.29, 0.717) is 12.5 Å². The van der Waals surface area contributed by atoms with E-state index in [2.05, 4.69) is 80.6 Å². The number of hydrogen-bond acceptors (Lipinski definition) is 6. The third kappa shape index (κ3) is 4.54. The summed E-state index contributed by atoms with van der Waals surface area (Å²) in [5.41, 5.74) is 5.99. The zero-order chi connectivity index (χ0) is 24.3. The van der Waals surface area contributed by atoms with Gasteiger partial charge in [-0.25, -0.2) is 9.67 Å². The van der Waals surface area contributed by atoms with E-state index < -0.39 is 0 Å². The van der Waals surface area contributed by atoms with Gasteiger partial charge >= 0.3 is 0 Å². The maximum atomic E-state index is 5.89. The van der Waals surface area contributed by atoms with Crippen molar-refractivity contribution in [3.63, 3.8) is 0 Å². The van der Waals surface area contributed by atoms with E-state index in [0.717, 1.165) is 46.0 Å². The number of aromatic nitrogens is 5. The normalized spacial score (nSPS) is 15.0. The van der Waals surface area contributed by atoms with E-state index in [4.69, 9.17) is 4.74 Å². The Balaban J connectivity index is 1.24. The van der Waals surface area contributed by atoms with Crippen LogP contribution in [0.2, 0.25) is 0 Å². The van der Waals surface area contributed by atoms with Gasteiger partial charge in [-0.3, -0.25) is 4.98 Å². The van der Waals surface area contributed by atoms with Crippen molar-refractivity contribution >= 4 is 21.9 Å². The van der Waals surface area contributed by atoms with Gasteiger partial charge in [0.2, 0.25) is 5.88 Å². The quantitative estimate of drug-likeness (QED) is 0.274. The molecule has 0 spiro atoms. The number of nitrogens with zero attached hydrogens (tertiary/aromatic N) is 6. The molecule has 182 valence electrons. The van der Waals surface area contributed by atoms with Crippen LogP contribution in [-0.2, 0) is 0 Å². The highest BCUT2D eigenvalue weighted by atomic mass is 16.5. The monoisotopic (exact) mass is 478 g/mol. The molecule has 0 unspecified atom stereocenters. The van der Waals surface area contributed by atoms with Gasteiger partial charge < -0.3 is 9.64 Å². The van der Waals surface area contributed by atoms with Crippen molar-refractivity contribution < 1.29 is 4.74 Å². The molecule has 2 aromatic carbocycles. The molecule has 5 aromatic rings. The molecule has 6 rings (SSSR count). The first-order valence-electron chi connectivity index (χ1n) is 12.8. The minimum atomic E-state index is 0.0500. The molecule has 1 saturated heterocycles. The first kappa shape index (κ1) is 22.6. The average molecular weight is 479 g/mol. The van der Waals surface area contributed by atoms with Gasteiger partial charge in [0.05, 0.1) is 24.4 Å². The van der Waals surface area contributed by atoms with Crippen molar-refractivity contribution in [3.8, 4) is 17.0 Å². The Morgan fingerprint density at radius 1 is 0.889 bits per heavy atom. The number of benzene rings is 2. The van der Waals surface area contributed by atoms with Gasteiger partial charge in [0.15, 0.2) is 0 Å². The average Bonchev–Trinajstić information content (AvgIpc) is 3.62. The van der Waals surface area contributed by atoms with Crippen LogP contribution in [0.15, 0.2) is 73.1 Å². The fraction of sp³-hybridized carbons (Fsp3) is 0.310. The van der Waals surface area contributed by atoms with Gasteiger partial charge in [0, 0.05) is 29.8 Å². The molecule has 0 saturated carbocycles. The fourth-order valence-electron chi connectivity index (χ4n) is 5.05. The summed E-state index contributed by atoms with van der Waals surface area (Å²) in [6.45, 7) is 6.39. The van der Waals surface area contributed by atoms with Crippen LogP contribution in [0.3, 0.4) is 0 Å². The van der Waals surface area contributed by atoms with Crippen LogP contribution in [0, 0.1) is 0 Å². The standard InChI is InChI=1S/C29H30N6O/c1-21(22-8-3-2-4-9-22)35-29-25-18-23(10-12-26(25)30-20-27(29)32-33-35)24-11-13-28(31-19-24)36-17-7-16-34-14-5-6-15-34/h2-4,8-13,18-21H,5-7,14-17H2,1H3/t21-/m1/s1. The van der Waals surface area contributed by atoms with Crippen molar-refractivity contribution in [1.29, 1.82) is 0 Å². The summed E-state index contributed by atoms with van der Waals surface area (Å²) in [6, 6.07) is 20.7. The van der Waals surface area contributed by atoms with Gasteiger partial charge in [-0.15, -0.1) is 5.10 Å². The van der Waals surface area contributed by atoms with E-state index in [-0.39, 0.29) is 6.04 Å². The molecule has 0 aliphatic carbocycles. The largest absolute Gasteiger partial charge is 0.478 e. The number of likely N-dealkylation sites (tertiary alicyclic amines) is 1. The van der Waals surface area contributed by atoms with Crippen molar-refractivity contribution in [3.05, 3.63) is 78.6 Å². The van der Waals surface area contributed by atoms with Gasteiger partial charge in [0.1, 0.15) is 11.0 Å². The molecule has 1 atom stereocenters. The van der Waals surface area contributed by atoms with E-state index >= 15 is 0 Å². The number of fused-ring (bicyclic) bond motifs is 3. The van der Waals surface area contributed by atoms with Crippen LogP contribution in [0.4, 0.5) is 0 Å². The van der Waals surface area contributed by atoms with E-state index in [1.165, 1.54) is 31.5 Å². The van der Waals surface area contributed by atoms with Crippen molar-refractivity contribution in [1.82, 2.24) is 29.9 Å². The predicted molar refractivity (Wildman–Crippen MR) is 142 cm³/mol. The summed E-state index contributed by atoms with van der Waals surface area (Å²) in [4.78, 5) is 11.7. The van der Waals surface area contributed by atoms with Crippen LogP contribution >= 0.6 is 0 Å². The molecule has 1 fully saturated rings. The molecular weight excluding hydrogens is 448 g/mol. The predicted octanol–water partition coefficient (Wildman–Crippen LogP) is 5.52. The first-order valence-corrected chi connectivity index (χ1v) is 12.8. The lowest BCUT2D eigenvalue weighted by molar-refractivity contribution is 0.257. The van der Waals surface area contributed by atoms with Crippen molar-refractivity contribution in [2.24, 2.45) is 0 Å². The lowest BCUT2D eigenvalue weighted by Gasteiger charge is -2.14. The fourth-order valence-corrected chi connectivity index (χ4v) is 5.05. The van der Waals surface area contributed by atoms with E-state index in [1.807, 2.05) is 23.0 Å². The number of rotatable bonds is 8. The molecule has 0 bridgehead atoms. The molecule has 1 aliphatic heterocycles. The molecule has 3 aromatic heterocycles. The third-order valence-electron chi connectivity index (χ3n) is 7.08. The van der Waals surface area contributed by atoms with Crippen LogP contribution in [0.1, 0.15) is 37.8 Å². The van der Waals surface area contributed by atoms with Crippen molar-refractivity contribution in [2.45, 2.75) is 32.2 Å². The second-order valence-corrected chi connectivity index (χ2v) is 9.48. The Kier molecular flexibility index (Phi) is 6.30. The molecule has 4 heterocycles. The molecule has 7 heteroatoms. The maximum Gasteiger partial charge on any atom is 0.213 e. The zero-order valence-corrected chi connectivity index (χ0v) is 20.5. The zero-order valence-electron chi connectivity index (χ0n) is 20.5. The maximum absolute atomic E-state index is 5.89. The van der Waals surface area contributed by atoms with Crippen molar-refractivity contribution in [2.75, 3.05) is 26.2 Å². The molecular formula is C29H30N6O. The second kappa shape index (κ2) is 10.0. The smallest absolute Gasteiger partial charge is 0.213 e. The highest BCUT2D eigenvalue weighted by molar-refractivity contribution is 6.03. The topological polar surface area (TPSA) is 69.0 Å². The third-order valence-corrected chi connectivity index (χ3v) is 7.08. The molecule has 36 heavy (non-hydrogen) atoms. The van der Waals surface area contributed by atoms with Gasteiger partial charge in [-0.05, 0) is 68.6 Å². The van der Waals surface area contributed by atoms with E-state index in [9.17, 15) is 0 Å². The highest BCUT2D eigenvalue weighted by Crippen LogP contribution is 2.30. The molecule has 7 nitrogen and oxygen atoms in total. The Hall–Kier alpha value is -3.84. The molecule has 0 amide bonds. The summed E-state index contributed by atoms with van der Waals surface area (Å²) in [7, 11) is 0. The number of hydrogen-bond donors (Lipinski definition) is 0. The number of ether oxygens (including phenoxy) is 1. The summed E-state index contributed by atoms with van der Waals surface area (Å²) in [6.07, 6.45) is 7.36. The SMILES string of the molecule is C[C@H](c1ccccc1)n1nnc2cnc3ccc(-c4ccc(OCCCN5CCCC5)nc4)cc3c21. The summed E-state index contributed by atoms with van der Waals surface area (Å²) < 4.78 is 7.89. The minimum absolute atomic E-state index is 0.0500. The summed E-state index contributed by atoms with van der Waals surface area (Å²) in [5.74, 6) is 0.670. The van der Waals surface area contributed by atoms with Gasteiger partial charge in [-0.1, -0.05) is 41.6 Å². The lowest BCUT2D eigenvalue weighted by Crippen LogP contribution is -2.21. The van der Waals surface area contributed by atoms with Crippen LogP contribution in [0.25, 0.3) is 33.1 Å². The van der Waals surface area contributed by atoms with Gasteiger partial charge in [0.25, 0.3) is 0 Å². The Morgan fingerprint density at radius 3 is 2.53 bits per heavy atom.